The Morgan fingerprint density at radius 3 is 2.78 bits per heavy atom. The molecule has 0 N–H and O–H groups in total. The van der Waals surface area contributed by atoms with E-state index in [1.165, 1.54) is 31.3 Å². The zero-order valence-corrected chi connectivity index (χ0v) is 11.6. The van der Waals surface area contributed by atoms with Crippen molar-refractivity contribution in [3.63, 3.8) is 0 Å². The summed E-state index contributed by atoms with van der Waals surface area (Å²) in [5, 5.41) is 0. The van der Waals surface area contributed by atoms with Crippen LogP contribution in [0.2, 0.25) is 0 Å². The Bertz CT molecular complexity index is 259. The van der Waals surface area contributed by atoms with Crippen LogP contribution in [0.5, 0.6) is 0 Å². The maximum Gasteiger partial charge on any atom is 0.0914 e. The summed E-state index contributed by atoms with van der Waals surface area (Å²) in [6, 6.07) is 0. The number of ether oxygens (including phenoxy) is 3. The molecule has 0 aromatic carbocycles. The van der Waals surface area contributed by atoms with Crippen molar-refractivity contribution in [1.29, 1.82) is 0 Å². The third kappa shape index (κ3) is 3.99. The van der Waals surface area contributed by atoms with Crippen LogP contribution in [0.1, 0.15) is 51.9 Å². The smallest absolute Gasteiger partial charge is 0.0914 e. The number of allylic oxidation sites excluding steroid dienone is 1. The highest BCUT2D eigenvalue weighted by atomic mass is 16.6. The molecule has 18 heavy (non-hydrogen) atoms. The van der Waals surface area contributed by atoms with Crippen LogP contribution in [-0.2, 0) is 14.2 Å². The lowest BCUT2D eigenvalue weighted by molar-refractivity contribution is -0.163. The summed E-state index contributed by atoms with van der Waals surface area (Å²) in [6.07, 6.45) is 10.2. The summed E-state index contributed by atoms with van der Waals surface area (Å²) < 4.78 is 17.1. The van der Waals surface area contributed by atoms with Gasteiger partial charge in [-0.3, -0.25) is 0 Å². The SMILES string of the molecule is CCC1(CCCOC=C2CCCC2)COCCO1. The molecule has 0 aromatic rings. The van der Waals surface area contributed by atoms with E-state index in [2.05, 4.69) is 6.92 Å². The first-order valence-electron chi connectivity index (χ1n) is 7.36. The lowest BCUT2D eigenvalue weighted by Crippen LogP contribution is -2.42. The van der Waals surface area contributed by atoms with Crippen LogP contribution in [0.4, 0.5) is 0 Å². The second-order valence-electron chi connectivity index (χ2n) is 5.40. The number of hydrogen-bond acceptors (Lipinski definition) is 3. The Morgan fingerprint density at radius 1 is 1.28 bits per heavy atom. The highest BCUT2D eigenvalue weighted by Crippen LogP contribution is 2.26. The predicted molar refractivity (Wildman–Crippen MR) is 71.5 cm³/mol. The second-order valence-corrected chi connectivity index (χ2v) is 5.40. The fourth-order valence-electron chi connectivity index (χ4n) is 2.74. The Balaban J connectivity index is 1.62. The summed E-state index contributed by atoms with van der Waals surface area (Å²) in [4.78, 5) is 0. The molecule has 2 aliphatic rings. The Kier molecular flexibility index (Phi) is 5.51. The molecule has 0 radical (unpaired) electrons. The van der Waals surface area contributed by atoms with Crippen LogP contribution in [-0.4, -0.2) is 32.0 Å². The summed E-state index contributed by atoms with van der Waals surface area (Å²) >= 11 is 0. The fraction of sp³-hybridized carbons (Fsp3) is 0.867. The van der Waals surface area contributed by atoms with E-state index in [1.807, 2.05) is 6.26 Å². The lowest BCUT2D eigenvalue weighted by atomic mass is 9.95. The van der Waals surface area contributed by atoms with Gasteiger partial charge in [-0.1, -0.05) is 6.92 Å². The highest BCUT2D eigenvalue weighted by molar-refractivity contribution is 5.02. The van der Waals surface area contributed by atoms with Gasteiger partial charge in [-0.25, -0.2) is 0 Å². The predicted octanol–water partition coefficient (Wildman–Crippen LogP) is 3.44. The lowest BCUT2D eigenvalue weighted by Gasteiger charge is -2.36. The van der Waals surface area contributed by atoms with Gasteiger partial charge < -0.3 is 14.2 Å². The summed E-state index contributed by atoms with van der Waals surface area (Å²) in [6.45, 7) is 5.19. The normalized spacial score (nSPS) is 28.4. The average Bonchev–Trinajstić information content (AvgIpc) is 2.93. The Labute approximate surface area is 110 Å². The minimum Gasteiger partial charge on any atom is -0.501 e. The van der Waals surface area contributed by atoms with Gasteiger partial charge in [-0.05, 0) is 50.5 Å². The van der Waals surface area contributed by atoms with Gasteiger partial charge in [0, 0.05) is 0 Å². The zero-order valence-electron chi connectivity index (χ0n) is 11.6. The molecule has 2 fully saturated rings. The molecular formula is C15H26O3. The van der Waals surface area contributed by atoms with Gasteiger partial charge in [-0.15, -0.1) is 0 Å². The molecule has 1 saturated carbocycles. The van der Waals surface area contributed by atoms with E-state index in [-0.39, 0.29) is 5.60 Å². The van der Waals surface area contributed by atoms with Gasteiger partial charge >= 0.3 is 0 Å². The Hall–Kier alpha value is -0.540. The maximum atomic E-state index is 5.90. The van der Waals surface area contributed by atoms with Gasteiger partial charge in [-0.2, -0.15) is 0 Å². The van der Waals surface area contributed by atoms with Gasteiger partial charge in [0.25, 0.3) is 0 Å². The van der Waals surface area contributed by atoms with Crippen molar-refractivity contribution in [2.45, 2.75) is 57.5 Å². The third-order valence-electron chi connectivity index (χ3n) is 4.04. The van der Waals surface area contributed by atoms with E-state index in [9.17, 15) is 0 Å². The van der Waals surface area contributed by atoms with Crippen LogP contribution in [0.3, 0.4) is 0 Å². The van der Waals surface area contributed by atoms with Crippen molar-refractivity contribution in [3.05, 3.63) is 11.8 Å². The van der Waals surface area contributed by atoms with E-state index in [0.29, 0.717) is 0 Å². The number of hydrogen-bond donors (Lipinski definition) is 0. The second kappa shape index (κ2) is 7.15. The van der Waals surface area contributed by atoms with Crippen LogP contribution < -0.4 is 0 Å². The first kappa shape index (κ1) is 13.9. The summed E-state index contributed by atoms with van der Waals surface area (Å²) in [7, 11) is 0. The van der Waals surface area contributed by atoms with Crippen molar-refractivity contribution >= 4 is 0 Å². The minimum absolute atomic E-state index is 0.0535. The van der Waals surface area contributed by atoms with Crippen molar-refractivity contribution < 1.29 is 14.2 Å². The van der Waals surface area contributed by atoms with Crippen LogP contribution in [0, 0.1) is 0 Å². The van der Waals surface area contributed by atoms with Gasteiger partial charge in [0.05, 0.1) is 38.3 Å². The zero-order chi connectivity index (χ0) is 12.7. The molecule has 0 aromatic heterocycles. The molecule has 1 aliphatic carbocycles. The highest BCUT2D eigenvalue weighted by Gasteiger charge is 2.31. The van der Waals surface area contributed by atoms with E-state index in [4.69, 9.17) is 14.2 Å². The van der Waals surface area contributed by atoms with Crippen LogP contribution in [0.15, 0.2) is 11.8 Å². The van der Waals surface area contributed by atoms with Gasteiger partial charge in [0.1, 0.15) is 0 Å². The fourth-order valence-corrected chi connectivity index (χ4v) is 2.74. The van der Waals surface area contributed by atoms with E-state index >= 15 is 0 Å². The molecule has 1 saturated heterocycles. The molecule has 0 bridgehead atoms. The average molecular weight is 254 g/mol. The van der Waals surface area contributed by atoms with Crippen molar-refractivity contribution in [2.75, 3.05) is 26.4 Å². The molecule has 1 heterocycles. The monoisotopic (exact) mass is 254 g/mol. The molecule has 3 heteroatoms. The Morgan fingerprint density at radius 2 is 2.11 bits per heavy atom. The van der Waals surface area contributed by atoms with Crippen molar-refractivity contribution in [1.82, 2.24) is 0 Å². The van der Waals surface area contributed by atoms with E-state index < -0.39 is 0 Å². The molecular weight excluding hydrogens is 228 g/mol. The van der Waals surface area contributed by atoms with Crippen molar-refractivity contribution in [2.24, 2.45) is 0 Å². The molecule has 3 nitrogen and oxygen atoms in total. The first-order chi connectivity index (χ1) is 8.85. The molecule has 1 unspecified atom stereocenters. The summed E-state index contributed by atoms with van der Waals surface area (Å²) in [5.41, 5.74) is 1.43. The van der Waals surface area contributed by atoms with E-state index in [1.54, 1.807) is 0 Å². The van der Waals surface area contributed by atoms with Crippen LogP contribution in [0.25, 0.3) is 0 Å². The molecule has 1 aliphatic heterocycles. The standard InChI is InChI=1S/C15H26O3/c1-2-15(13-17-10-11-18-15)8-5-9-16-12-14-6-3-4-7-14/h12H,2-11,13H2,1H3. The minimum atomic E-state index is -0.0535. The number of rotatable bonds is 6. The summed E-state index contributed by atoms with van der Waals surface area (Å²) in [5.74, 6) is 0. The topological polar surface area (TPSA) is 27.7 Å². The largest absolute Gasteiger partial charge is 0.501 e. The van der Waals surface area contributed by atoms with Crippen molar-refractivity contribution in [3.8, 4) is 0 Å². The van der Waals surface area contributed by atoms with Gasteiger partial charge in [0.2, 0.25) is 0 Å². The van der Waals surface area contributed by atoms with Gasteiger partial charge in [0.15, 0.2) is 0 Å². The third-order valence-corrected chi connectivity index (χ3v) is 4.04. The molecule has 1 atom stereocenters. The quantitative estimate of drug-likeness (QED) is 0.537. The molecule has 0 amide bonds. The molecule has 0 spiro atoms. The molecule has 104 valence electrons. The van der Waals surface area contributed by atoms with Crippen LogP contribution >= 0.6 is 0 Å². The first-order valence-corrected chi connectivity index (χ1v) is 7.36. The maximum absolute atomic E-state index is 5.90. The molecule has 2 rings (SSSR count). The van der Waals surface area contributed by atoms with E-state index in [0.717, 1.165) is 45.7 Å².